The number of hydrogen-bond acceptors (Lipinski definition) is 3. The van der Waals surface area contributed by atoms with Crippen LogP contribution in [0.4, 0.5) is 0 Å². The van der Waals surface area contributed by atoms with E-state index in [0.29, 0.717) is 0 Å². The van der Waals surface area contributed by atoms with Crippen LogP contribution in [0.1, 0.15) is 56.9 Å². The molecule has 1 unspecified atom stereocenters. The molecule has 0 aliphatic heterocycles. The molecule has 1 aliphatic rings. The molecule has 0 bridgehead atoms. The highest BCUT2D eigenvalue weighted by Crippen LogP contribution is 2.37. The van der Waals surface area contributed by atoms with Crippen LogP contribution in [0.25, 0.3) is 11.3 Å². The maximum atomic E-state index is 12.9. The van der Waals surface area contributed by atoms with E-state index in [1.165, 1.54) is 11.1 Å². The van der Waals surface area contributed by atoms with Gasteiger partial charge in [0.05, 0.1) is 16.8 Å². The van der Waals surface area contributed by atoms with E-state index in [1.54, 1.807) is 0 Å². The number of aryl methyl sites for hydroxylation is 1. The highest BCUT2D eigenvalue weighted by atomic mass is 16.2. The van der Waals surface area contributed by atoms with Crippen LogP contribution in [0.5, 0.6) is 0 Å². The molecule has 138 valence electrons. The SMILES string of the molecule is Cc1nnc(-c2ccccc2)c2c1CC(C)(C(=O)NC(C)C)CCCC2. The van der Waals surface area contributed by atoms with Crippen molar-refractivity contribution in [2.75, 3.05) is 0 Å². The molecule has 0 radical (unpaired) electrons. The predicted octanol–water partition coefficient (Wildman–Crippen LogP) is 4.25. The Kier molecular flexibility index (Phi) is 5.40. The minimum absolute atomic E-state index is 0.151. The maximum absolute atomic E-state index is 12.9. The summed E-state index contributed by atoms with van der Waals surface area (Å²) in [4.78, 5) is 12.9. The minimum atomic E-state index is -0.402. The van der Waals surface area contributed by atoms with Gasteiger partial charge in [-0.25, -0.2) is 0 Å². The van der Waals surface area contributed by atoms with Crippen LogP contribution in [-0.2, 0) is 17.6 Å². The monoisotopic (exact) mass is 351 g/mol. The van der Waals surface area contributed by atoms with E-state index in [0.717, 1.165) is 49.1 Å². The van der Waals surface area contributed by atoms with Crippen LogP contribution in [0, 0.1) is 12.3 Å². The average Bonchev–Trinajstić information content (AvgIpc) is 2.59. The third-order valence-electron chi connectivity index (χ3n) is 5.37. The van der Waals surface area contributed by atoms with E-state index in [9.17, 15) is 4.79 Å². The molecule has 1 aliphatic carbocycles. The van der Waals surface area contributed by atoms with Crippen LogP contribution >= 0.6 is 0 Å². The van der Waals surface area contributed by atoms with E-state index in [-0.39, 0.29) is 11.9 Å². The zero-order valence-electron chi connectivity index (χ0n) is 16.3. The molecular weight excluding hydrogens is 322 g/mol. The molecule has 0 spiro atoms. The van der Waals surface area contributed by atoms with Gasteiger partial charge in [-0.2, -0.15) is 5.10 Å². The van der Waals surface area contributed by atoms with Gasteiger partial charge in [0.25, 0.3) is 0 Å². The molecule has 4 heteroatoms. The fraction of sp³-hybridized carbons (Fsp3) is 0.500. The van der Waals surface area contributed by atoms with E-state index >= 15 is 0 Å². The summed E-state index contributed by atoms with van der Waals surface area (Å²) in [5, 5.41) is 12.1. The Morgan fingerprint density at radius 1 is 1.12 bits per heavy atom. The smallest absolute Gasteiger partial charge is 0.226 e. The first-order valence-corrected chi connectivity index (χ1v) is 9.62. The summed E-state index contributed by atoms with van der Waals surface area (Å²) in [7, 11) is 0. The highest BCUT2D eigenvalue weighted by Gasteiger charge is 2.36. The lowest BCUT2D eigenvalue weighted by atomic mass is 9.74. The zero-order valence-corrected chi connectivity index (χ0v) is 16.3. The lowest BCUT2D eigenvalue weighted by molar-refractivity contribution is -0.131. The largest absolute Gasteiger partial charge is 0.353 e. The molecule has 1 amide bonds. The highest BCUT2D eigenvalue weighted by molar-refractivity contribution is 5.83. The maximum Gasteiger partial charge on any atom is 0.226 e. The minimum Gasteiger partial charge on any atom is -0.353 e. The van der Waals surface area contributed by atoms with Crippen LogP contribution in [-0.4, -0.2) is 22.1 Å². The normalized spacial score (nSPS) is 20.2. The molecule has 1 N–H and O–H groups in total. The molecule has 1 heterocycles. The molecule has 2 aromatic rings. The number of aromatic nitrogens is 2. The first kappa shape index (κ1) is 18.6. The zero-order chi connectivity index (χ0) is 18.7. The van der Waals surface area contributed by atoms with Crippen LogP contribution < -0.4 is 5.32 Å². The summed E-state index contributed by atoms with van der Waals surface area (Å²) in [6.07, 6.45) is 4.76. The Labute approximate surface area is 156 Å². The summed E-state index contributed by atoms with van der Waals surface area (Å²) in [6.45, 7) is 8.15. The van der Waals surface area contributed by atoms with Crippen molar-refractivity contribution in [1.29, 1.82) is 0 Å². The second kappa shape index (κ2) is 7.56. The van der Waals surface area contributed by atoms with Gasteiger partial charge in [0.2, 0.25) is 5.91 Å². The number of hydrogen-bond donors (Lipinski definition) is 1. The van der Waals surface area contributed by atoms with Gasteiger partial charge in [-0.3, -0.25) is 4.79 Å². The van der Waals surface area contributed by atoms with Crippen molar-refractivity contribution in [2.24, 2.45) is 5.41 Å². The fourth-order valence-corrected chi connectivity index (χ4v) is 3.86. The number of amides is 1. The number of nitrogens with zero attached hydrogens (tertiary/aromatic N) is 2. The van der Waals surface area contributed by atoms with Gasteiger partial charge < -0.3 is 5.32 Å². The topological polar surface area (TPSA) is 54.9 Å². The van der Waals surface area contributed by atoms with E-state index in [2.05, 4.69) is 34.6 Å². The Balaban J connectivity index is 2.06. The number of carbonyl (C=O) groups is 1. The summed E-state index contributed by atoms with van der Waals surface area (Å²) < 4.78 is 0. The molecule has 0 saturated carbocycles. The van der Waals surface area contributed by atoms with Crippen LogP contribution in [0.3, 0.4) is 0 Å². The van der Waals surface area contributed by atoms with Crippen LogP contribution in [0.15, 0.2) is 30.3 Å². The predicted molar refractivity (Wildman–Crippen MR) is 105 cm³/mol. The third-order valence-corrected chi connectivity index (χ3v) is 5.37. The van der Waals surface area contributed by atoms with Crippen molar-refractivity contribution in [1.82, 2.24) is 15.5 Å². The first-order chi connectivity index (χ1) is 12.4. The average molecular weight is 351 g/mol. The van der Waals surface area contributed by atoms with Crippen LogP contribution in [0.2, 0.25) is 0 Å². The second-order valence-electron chi connectivity index (χ2n) is 8.03. The molecule has 1 atom stereocenters. The van der Waals surface area contributed by atoms with Crippen molar-refractivity contribution in [3.63, 3.8) is 0 Å². The van der Waals surface area contributed by atoms with Gasteiger partial charge in [-0.05, 0) is 57.6 Å². The molecule has 26 heavy (non-hydrogen) atoms. The van der Waals surface area contributed by atoms with Crippen molar-refractivity contribution in [3.8, 4) is 11.3 Å². The van der Waals surface area contributed by atoms with Crippen molar-refractivity contribution in [3.05, 3.63) is 47.2 Å². The summed E-state index contributed by atoms with van der Waals surface area (Å²) in [5.41, 5.74) is 5.10. The third kappa shape index (κ3) is 3.79. The van der Waals surface area contributed by atoms with Gasteiger partial charge in [0.15, 0.2) is 0 Å². The second-order valence-corrected chi connectivity index (χ2v) is 8.03. The number of carbonyl (C=O) groups excluding carboxylic acids is 1. The molecule has 4 nitrogen and oxygen atoms in total. The van der Waals surface area contributed by atoms with Gasteiger partial charge in [-0.15, -0.1) is 5.10 Å². The molecule has 0 fully saturated rings. The molecule has 0 saturated heterocycles. The van der Waals surface area contributed by atoms with Crippen molar-refractivity contribution in [2.45, 2.75) is 65.8 Å². The first-order valence-electron chi connectivity index (χ1n) is 9.62. The summed E-state index contributed by atoms with van der Waals surface area (Å²) >= 11 is 0. The van der Waals surface area contributed by atoms with E-state index in [4.69, 9.17) is 0 Å². The summed E-state index contributed by atoms with van der Waals surface area (Å²) in [5.74, 6) is 0.151. The number of rotatable bonds is 3. The lowest BCUT2D eigenvalue weighted by Gasteiger charge is -2.33. The van der Waals surface area contributed by atoms with Gasteiger partial charge in [0.1, 0.15) is 0 Å². The van der Waals surface area contributed by atoms with Gasteiger partial charge in [-0.1, -0.05) is 43.7 Å². The van der Waals surface area contributed by atoms with Gasteiger partial charge >= 0.3 is 0 Å². The standard InChI is InChI=1S/C22H29N3O/c1-15(2)23-21(26)22(4)13-9-8-12-18-19(14-22)16(3)24-25-20(18)17-10-6-5-7-11-17/h5-7,10-11,15H,8-9,12-14H2,1-4H3,(H,23,26). The number of benzene rings is 1. The van der Waals surface area contributed by atoms with E-state index < -0.39 is 5.41 Å². The number of nitrogens with one attached hydrogen (secondary N) is 1. The fourth-order valence-electron chi connectivity index (χ4n) is 3.86. The lowest BCUT2D eigenvalue weighted by Crippen LogP contribution is -2.44. The Hall–Kier alpha value is -2.23. The van der Waals surface area contributed by atoms with E-state index in [1.807, 2.05) is 39.0 Å². The Morgan fingerprint density at radius 2 is 1.85 bits per heavy atom. The van der Waals surface area contributed by atoms with Crippen molar-refractivity contribution < 1.29 is 4.79 Å². The Morgan fingerprint density at radius 3 is 2.54 bits per heavy atom. The van der Waals surface area contributed by atoms with Crippen molar-refractivity contribution >= 4 is 5.91 Å². The summed E-state index contributed by atoms with van der Waals surface area (Å²) in [6, 6.07) is 10.4. The molecule has 1 aromatic carbocycles. The Bertz CT molecular complexity index is 785. The molecule has 1 aromatic heterocycles. The molecular formula is C22H29N3O. The quantitative estimate of drug-likeness (QED) is 0.899. The number of fused-ring (bicyclic) bond motifs is 1. The molecule has 3 rings (SSSR count). The van der Waals surface area contributed by atoms with Gasteiger partial charge in [0, 0.05) is 11.6 Å².